The van der Waals surface area contributed by atoms with Gasteiger partial charge in [0.25, 0.3) is 5.91 Å². The van der Waals surface area contributed by atoms with E-state index in [-0.39, 0.29) is 40.2 Å². The predicted molar refractivity (Wildman–Crippen MR) is 98.9 cm³/mol. The number of nitrogens with zero attached hydrogens (tertiary/aromatic N) is 2. The number of hydrogen-bond donors (Lipinski definition) is 1. The fourth-order valence-electron chi connectivity index (χ4n) is 3.47. The summed E-state index contributed by atoms with van der Waals surface area (Å²) in [6, 6.07) is 7.72. The monoisotopic (exact) mass is 379 g/mol. The normalized spacial score (nSPS) is 26.8. The Kier molecular flexibility index (Phi) is 4.65. The minimum atomic E-state index is -0.658. The third-order valence-electron chi connectivity index (χ3n) is 4.59. The first-order valence-corrected chi connectivity index (χ1v) is 9.68. The molecule has 1 aromatic rings. The van der Waals surface area contributed by atoms with Gasteiger partial charge in [0.2, 0.25) is 16.4 Å². The Morgan fingerprint density at radius 3 is 2.56 bits per heavy atom. The first-order chi connectivity index (χ1) is 11.8. The topological polar surface area (TPSA) is 92.9 Å². The van der Waals surface area contributed by atoms with Crippen LogP contribution in [-0.2, 0) is 18.8 Å². The maximum absolute atomic E-state index is 12.9. The fourth-order valence-corrected chi connectivity index (χ4v) is 5.36. The Hall–Kier alpha value is -1.84. The van der Waals surface area contributed by atoms with Gasteiger partial charge in [-0.1, -0.05) is 18.2 Å². The summed E-state index contributed by atoms with van der Waals surface area (Å²) in [5.41, 5.74) is 6.20. The summed E-state index contributed by atoms with van der Waals surface area (Å²) in [4.78, 5) is 40.5. The van der Waals surface area contributed by atoms with Crippen molar-refractivity contribution in [2.75, 3.05) is 11.4 Å². The summed E-state index contributed by atoms with van der Waals surface area (Å²) in [6.07, 6.45) is 0. The maximum Gasteiger partial charge on any atom is 0.316 e. The smallest absolute Gasteiger partial charge is 0.316 e. The van der Waals surface area contributed by atoms with Gasteiger partial charge in [-0.3, -0.25) is 19.3 Å². The second kappa shape index (κ2) is 6.47. The van der Waals surface area contributed by atoms with Crippen LogP contribution in [0.3, 0.4) is 0 Å². The van der Waals surface area contributed by atoms with E-state index in [0.717, 1.165) is 0 Å². The number of hydrogen-bond acceptors (Lipinski definition) is 6. The highest BCUT2D eigenvalue weighted by Gasteiger charge is 2.66. The largest absolute Gasteiger partial charge is 0.527 e. The van der Waals surface area contributed by atoms with Gasteiger partial charge in [-0.05, 0) is 26.0 Å². The number of nitrogens with two attached hydrogens (primary N) is 1. The summed E-state index contributed by atoms with van der Waals surface area (Å²) in [5, 5.41) is -0.288. The van der Waals surface area contributed by atoms with E-state index in [9.17, 15) is 14.4 Å². The first kappa shape index (κ1) is 18.0. The van der Waals surface area contributed by atoms with E-state index in [1.54, 1.807) is 29.2 Å². The third-order valence-corrected chi connectivity index (χ3v) is 6.55. The molecule has 0 saturated carbocycles. The highest BCUT2D eigenvalue weighted by molar-refractivity contribution is 8.01. The fraction of sp³-hybridized carbons (Fsp3) is 0.438. The molecule has 3 rings (SSSR count). The molecule has 2 aliphatic heterocycles. The molecule has 0 bridgehead atoms. The molecule has 7 nitrogen and oxygen atoms in total. The Morgan fingerprint density at radius 1 is 1.36 bits per heavy atom. The number of carbonyl (C=O) groups is 3. The van der Waals surface area contributed by atoms with E-state index >= 15 is 0 Å². The van der Waals surface area contributed by atoms with E-state index in [2.05, 4.69) is 0 Å². The molecule has 2 amide bonds. The van der Waals surface area contributed by atoms with E-state index in [4.69, 9.17) is 10.2 Å². The van der Waals surface area contributed by atoms with E-state index < -0.39 is 16.8 Å². The molecule has 25 heavy (non-hydrogen) atoms. The van der Waals surface area contributed by atoms with Crippen molar-refractivity contribution in [3.8, 4) is 0 Å². The summed E-state index contributed by atoms with van der Waals surface area (Å²) >= 11 is 1.52. The van der Waals surface area contributed by atoms with Crippen LogP contribution in [0.2, 0.25) is 0 Å². The molecule has 3 atom stereocenters. The predicted octanol–water partition coefficient (Wildman–Crippen LogP) is -0.767. The second-order valence-electron chi connectivity index (χ2n) is 6.53. The number of carbonyl (C=O) groups excluding carboxylic acids is 3. The Bertz CT molecular complexity index is 715. The lowest BCUT2D eigenvalue weighted by Gasteiger charge is -2.48. The molecule has 2 saturated heterocycles. The lowest BCUT2D eigenvalue weighted by molar-refractivity contribution is -0.158. The van der Waals surface area contributed by atoms with Crippen LogP contribution in [0.1, 0.15) is 13.8 Å². The van der Waals surface area contributed by atoms with Crippen LogP contribution in [0, 0.1) is 0 Å². The lowest BCUT2D eigenvalue weighted by atomic mass is 9.95. The maximum atomic E-state index is 12.9. The molecule has 0 aliphatic carbocycles. The highest BCUT2D eigenvalue weighted by Crippen LogP contribution is 2.52. The molecule has 2 heterocycles. The van der Waals surface area contributed by atoms with Crippen LogP contribution < -0.4 is 10.6 Å². The summed E-state index contributed by atoms with van der Waals surface area (Å²) in [6.45, 7) is 3.65. The average Bonchev–Trinajstić information content (AvgIpc) is 2.86. The van der Waals surface area contributed by atoms with Crippen LogP contribution in [0.15, 0.2) is 30.3 Å². The summed E-state index contributed by atoms with van der Waals surface area (Å²) in [7, 11) is 0.280. The van der Waals surface area contributed by atoms with Crippen LogP contribution in [-0.4, -0.2) is 61.9 Å². The van der Waals surface area contributed by atoms with Gasteiger partial charge < -0.3 is 15.1 Å². The van der Waals surface area contributed by atoms with E-state index in [0.29, 0.717) is 5.69 Å². The zero-order chi connectivity index (χ0) is 18.4. The molecule has 0 radical (unpaired) electrons. The molecular weight excluding hydrogens is 358 g/mol. The Balaban J connectivity index is 1.95. The molecule has 0 unspecified atom stereocenters. The van der Waals surface area contributed by atoms with Crippen molar-refractivity contribution < 1.29 is 18.8 Å². The zero-order valence-electron chi connectivity index (χ0n) is 14.3. The standard InChI is InChI=1S/C16H21N3O4SSi/c1-16(2)12(15(22)23-25)19-13(21)11(14(19)24-16)18(10(20)8-17)9-6-4-3-5-7-9/h3-7,11-12,14H,8,17H2,1-2,25H3/t11-,12+,14-/m1/s1. The van der Waals surface area contributed by atoms with Gasteiger partial charge in [0.15, 0.2) is 0 Å². The number of anilines is 1. The van der Waals surface area contributed by atoms with Crippen molar-refractivity contribution in [2.45, 2.75) is 36.1 Å². The molecule has 0 aromatic heterocycles. The molecule has 134 valence electrons. The molecule has 2 aliphatic rings. The van der Waals surface area contributed by atoms with Gasteiger partial charge >= 0.3 is 5.97 Å². The van der Waals surface area contributed by atoms with Crippen molar-refractivity contribution in [3.05, 3.63) is 30.3 Å². The number of fused-ring (bicyclic) bond motifs is 1. The van der Waals surface area contributed by atoms with Crippen molar-refractivity contribution in [3.63, 3.8) is 0 Å². The van der Waals surface area contributed by atoms with Gasteiger partial charge in [0.1, 0.15) is 17.5 Å². The highest BCUT2D eigenvalue weighted by atomic mass is 32.2. The second-order valence-corrected chi connectivity index (χ2v) is 8.71. The number of amides is 2. The van der Waals surface area contributed by atoms with Crippen LogP contribution in [0.5, 0.6) is 0 Å². The van der Waals surface area contributed by atoms with Crippen LogP contribution in [0.4, 0.5) is 5.69 Å². The van der Waals surface area contributed by atoms with Gasteiger partial charge in [-0.2, -0.15) is 0 Å². The van der Waals surface area contributed by atoms with Crippen LogP contribution >= 0.6 is 11.8 Å². The zero-order valence-corrected chi connectivity index (χ0v) is 17.2. The van der Waals surface area contributed by atoms with Crippen molar-refractivity contribution in [2.24, 2.45) is 5.73 Å². The number of β-lactam (4-membered cyclic amide) rings is 1. The van der Waals surface area contributed by atoms with Crippen molar-refractivity contribution >= 4 is 45.7 Å². The Labute approximate surface area is 153 Å². The van der Waals surface area contributed by atoms with E-state index in [1.807, 2.05) is 19.9 Å². The van der Waals surface area contributed by atoms with E-state index in [1.165, 1.54) is 16.7 Å². The number of thioether (sulfide) groups is 1. The number of para-hydroxylation sites is 1. The number of rotatable bonds is 4. The SMILES string of the molecule is CC1(C)S[C@@H]2[C@H](N(C(=O)CN)c3ccccc3)C(=O)N2[C@H]1C(=O)O[SiH3]. The third kappa shape index (κ3) is 2.76. The molecule has 9 heteroatoms. The number of benzene rings is 1. The van der Waals surface area contributed by atoms with Gasteiger partial charge in [0, 0.05) is 10.4 Å². The molecule has 0 spiro atoms. The quantitative estimate of drug-likeness (QED) is 0.546. The molecule has 1 aromatic carbocycles. The Morgan fingerprint density at radius 2 is 2.00 bits per heavy atom. The summed E-state index contributed by atoms with van der Waals surface area (Å²) in [5.74, 6) is -0.947. The molecule has 2 fully saturated rings. The van der Waals surface area contributed by atoms with Crippen LogP contribution in [0.25, 0.3) is 0 Å². The minimum Gasteiger partial charge on any atom is -0.527 e. The van der Waals surface area contributed by atoms with Gasteiger partial charge in [0.05, 0.1) is 6.54 Å². The first-order valence-electron chi connectivity index (χ1n) is 7.98. The van der Waals surface area contributed by atoms with Crippen molar-refractivity contribution in [1.29, 1.82) is 0 Å². The molecular formula is C16H21N3O4SSi. The van der Waals surface area contributed by atoms with Gasteiger partial charge in [-0.15, -0.1) is 11.8 Å². The van der Waals surface area contributed by atoms with Crippen molar-refractivity contribution in [1.82, 2.24) is 4.90 Å². The lowest BCUT2D eigenvalue weighted by Crippen LogP contribution is -2.72. The average molecular weight is 380 g/mol. The molecule has 2 N–H and O–H groups in total. The minimum absolute atomic E-state index is 0.189. The van der Waals surface area contributed by atoms with Gasteiger partial charge in [-0.25, -0.2) is 0 Å². The summed E-state index contributed by atoms with van der Waals surface area (Å²) < 4.78 is 4.53.